The third-order valence-corrected chi connectivity index (χ3v) is 3.56. The molecule has 1 aromatic carbocycles. The molecule has 0 spiro atoms. The Morgan fingerprint density at radius 3 is 2.74 bits per heavy atom. The van der Waals surface area contributed by atoms with Gasteiger partial charge in [0.1, 0.15) is 17.4 Å². The molecule has 19 heavy (non-hydrogen) atoms. The quantitative estimate of drug-likeness (QED) is 0.824. The Morgan fingerprint density at radius 1 is 1.26 bits per heavy atom. The van der Waals surface area contributed by atoms with Crippen molar-refractivity contribution in [2.45, 2.75) is 51.2 Å². The van der Waals surface area contributed by atoms with Gasteiger partial charge in [-0.25, -0.2) is 4.79 Å². The number of benzene rings is 1. The first-order valence-corrected chi connectivity index (χ1v) is 6.76. The summed E-state index contributed by atoms with van der Waals surface area (Å²) in [7, 11) is 0. The molecule has 104 valence electrons. The molecular weight excluding hydrogens is 244 g/mol. The van der Waals surface area contributed by atoms with Crippen LogP contribution in [0.25, 0.3) is 0 Å². The van der Waals surface area contributed by atoms with Gasteiger partial charge in [0, 0.05) is 0 Å². The fourth-order valence-electron chi connectivity index (χ4n) is 2.47. The van der Waals surface area contributed by atoms with E-state index in [1.807, 2.05) is 13.0 Å². The summed E-state index contributed by atoms with van der Waals surface area (Å²) in [5, 5.41) is 19.2. The van der Waals surface area contributed by atoms with Crippen LogP contribution in [0.3, 0.4) is 0 Å². The highest BCUT2D eigenvalue weighted by molar-refractivity contribution is 5.91. The Labute approximate surface area is 113 Å². The Hall–Kier alpha value is -1.55. The summed E-state index contributed by atoms with van der Waals surface area (Å²) < 4.78 is 5.76. The van der Waals surface area contributed by atoms with Crippen LogP contribution in [0.1, 0.15) is 48.0 Å². The Bertz CT molecular complexity index is 455. The van der Waals surface area contributed by atoms with Crippen molar-refractivity contribution >= 4 is 5.97 Å². The van der Waals surface area contributed by atoms with Gasteiger partial charge >= 0.3 is 5.97 Å². The summed E-state index contributed by atoms with van der Waals surface area (Å²) in [6.45, 7) is 1.84. The van der Waals surface area contributed by atoms with E-state index in [4.69, 9.17) is 4.74 Å². The SMILES string of the molecule is Cc1ccc(OC2CCCCCC2O)c(C(=O)O)c1. The highest BCUT2D eigenvalue weighted by Crippen LogP contribution is 2.26. The molecule has 0 bridgehead atoms. The van der Waals surface area contributed by atoms with Crippen molar-refractivity contribution in [1.82, 2.24) is 0 Å². The predicted molar refractivity (Wildman–Crippen MR) is 71.6 cm³/mol. The molecule has 0 radical (unpaired) electrons. The summed E-state index contributed by atoms with van der Waals surface area (Å²) in [6, 6.07) is 5.10. The zero-order valence-electron chi connectivity index (χ0n) is 11.1. The van der Waals surface area contributed by atoms with Gasteiger partial charge in [0.15, 0.2) is 0 Å². The van der Waals surface area contributed by atoms with Crippen LogP contribution < -0.4 is 4.74 Å². The van der Waals surface area contributed by atoms with Crippen LogP contribution in [0.2, 0.25) is 0 Å². The molecule has 0 amide bonds. The molecule has 2 N–H and O–H groups in total. The third-order valence-electron chi connectivity index (χ3n) is 3.56. The second-order valence-electron chi connectivity index (χ2n) is 5.17. The summed E-state index contributed by atoms with van der Waals surface area (Å²) in [5.41, 5.74) is 1.04. The summed E-state index contributed by atoms with van der Waals surface area (Å²) in [5.74, 6) is -0.647. The molecule has 1 fully saturated rings. The molecule has 2 atom stereocenters. The van der Waals surface area contributed by atoms with Crippen molar-refractivity contribution < 1.29 is 19.7 Å². The first-order chi connectivity index (χ1) is 9.08. The highest BCUT2D eigenvalue weighted by Gasteiger charge is 2.25. The number of ether oxygens (including phenoxy) is 1. The molecule has 2 rings (SSSR count). The highest BCUT2D eigenvalue weighted by atomic mass is 16.5. The maximum atomic E-state index is 11.2. The molecule has 0 aromatic heterocycles. The fourth-order valence-corrected chi connectivity index (χ4v) is 2.47. The van der Waals surface area contributed by atoms with Gasteiger partial charge in [0.2, 0.25) is 0 Å². The summed E-state index contributed by atoms with van der Waals surface area (Å²) in [6.07, 6.45) is 3.79. The van der Waals surface area contributed by atoms with Crippen LogP contribution in [0, 0.1) is 6.92 Å². The molecule has 0 aliphatic heterocycles. The lowest BCUT2D eigenvalue weighted by Crippen LogP contribution is -2.31. The van der Waals surface area contributed by atoms with Crippen LogP contribution >= 0.6 is 0 Å². The minimum Gasteiger partial charge on any atom is -0.487 e. The van der Waals surface area contributed by atoms with Crippen LogP contribution in [-0.4, -0.2) is 28.4 Å². The lowest BCUT2D eigenvalue weighted by atomic mass is 10.1. The van der Waals surface area contributed by atoms with E-state index in [0.29, 0.717) is 5.75 Å². The second kappa shape index (κ2) is 6.06. The monoisotopic (exact) mass is 264 g/mol. The number of carbonyl (C=O) groups is 1. The first kappa shape index (κ1) is 13.9. The van der Waals surface area contributed by atoms with Gasteiger partial charge < -0.3 is 14.9 Å². The number of hydrogen-bond donors (Lipinski definition) is 2. The topological polar surface area (TPSA) is 66.8 Å². The van der Waals surface area contributed by atoms with Crippen molar-refractivity contribution in [1.29, 1.82) is 0 Å². The zero-order valence-corrected chi connectivity index (χ0v) is 11.1. The lowest BCUT2D eigenvalue weighted by Gasteiger charge is -2.23. The molecule has 1 aliphatic rings. The number of aromatic carboxylic acids is 1. The number of carboxylic acids is 1. The third kappa shape index (κ3) is 3.47. The van der Waals surface area contributed by atoms with Gasteiger partial charge in [-0.05, 0) is 38.3 Å². The Balaban J connectivity index is 2.19. The van der Waals surface area contributed by atoms with Crippen molar-refractivity contribution in [2.75, 3.05) is 0 Å². The smallest absolute Gasteiger partial charge is 0.339 e. The molecule has 1 aliphatic carbocycles. The van der Waals surface area contributed by atoms with Crippen molar-refractivity contribution in [3.05, 3.63) is 29.3 Å². The summed E-state index contributed by atoms with van der Waals surface area (Å²) >= 11 is 0. The molecule has 2 unspecified atom stereocenters. The van der Waals surface area contributed by atoms with E-state index in [2.05, 4.69) is 0 Å². The standard InChI is InChI=1S/C15H20O4/c1-10-7-8-13(11(9-10)15(17)18)19-14-6-4-2-3-5-12(14)16/h7-9,12,14,16H,2-6H2,1H3,(H,17,18). The van der Waals surface area contributed by atoms with Gasteiger partial charge in [0.25, 0.3) is 0 Å². The molecular formula is C15H20O4. The molecule has 0 saturated heterocycles. The number of hydrogen-bond acceptors (Lipinski definition) is 3. The van der Waals surface area contributed by atoms with Gasteiger partial charge in [-0.15, -0.1) is 0 Å². The molecule has 4 nitrogen and oxygen atoms in total. The van der Waals surface area contributed by atoms with Crippen molar-refractivity contribution in [2.24, 2.45) is 0 Å². The molecule has 1 aromatic rings. The predicted octanol–water partition coefficient (Wildman–Crippen LogP) is 2.77. The van der Waals surface area contributed by atoms with E-state index in [-0.39, 0.29) is 11.7 Å². The molecule has 0 heterocycles. The van der Waals surface area contributed by atoms with E-state index in [1.165, 1.54) is 0 Å². The number of carboxylic acid groups (broad SMARTS) is 1. The van der Waals surface area contributed by atoms with Crippen LogP contribution in [0.5, 0.6) is 5.75 Å². The minimum atomic E-state index is -0.998. The minimum absolute atomic E-state index is 0.163. The van der Waals surface area contributed by atoms with E-state index in [0.717, 1.165) is 37.7 Å². The van der Waals surface area contributed by atoms with Gasteiger partial charge in [0.05, 0.1) is 6.10 Å². The normalized spacial score (nSPS) is 23.7. The maximum Gasteiger partial charge on any atom is 0.339 e. The van der Waals surface area contributed by atoms with Gasteiger partial charge in [-0.3, -0.25) is 0 Å². The van der Waals surface area contributed by atoms with E-state index in [1.54, 1.807) is 12.1 Å². The average Bonchev–Trinajstić information content (AvgIpc) is 2.57. The zero-order chi connectivity index (χ0) is 13.8. The first-order valence-electron chi connectivity index (χ1n) is 6.76. The van der Waals surface area contributed by atoms with Gasteiger partial charge in [-0.2, -0.15) is 0 Å². The lowest BCUT2D eigenvalue weighted by molar-refractivity contribution is 0.0305. The van der Waals surface area contributed by atoms with Crippen LogP contribution in [0.4, 0.5) is 0 Å². The number of aliphatic hydroxyl groups excluding tert-OH is 1. The maximum absolute atomic E-state index is 11.2. The Kier molecular flexibility index (Phi) is 4.43. The molecule has 1 saturated carbocycles. The molecule has 4 heteroatoms. The van der Waals surface area contributed by atoms with Gasteiger partial charge in [-0.1, -0.05) is 24.5 Å². The summed E-state index contributed by atoms with van der Waals surface area (Å²) in [4.78, 5) is 11.2. The van der Waals surface area contributed by atoms with Crippen LogP contribution in [-0.2, 0) is 0 Å². The number of aliphatic hydroxyl groups is 1. The van der Waals surface area contributed by atoms with E-state index < -0.39 is 12.1 Å². The van der Waals surface area contributed by atoms with Crippen molar-refractivity contribution in [3.8, 4) is 5.75 Å². The Morgan fingerprint density at radius 2 is 2.00 bits per heavy atom. The van der Waals surface area contributed by atoms with Crippen LogP contribution in [0.15, 0.2) is 18.2 Å². The van der Waals surface area contributed by atoms with Crippen molar-refractivity contribution in [3.63, 3.8) is 0 Å². The average molecular weight is 264 g/mol. The fraction of sp³-hybridized carbons (Fsp3) is 0.533. The van der Waals surface area contributed by atoms with E-state index >= 15 is 0 Å². The number of rotatable bonds is 3. The van der Waals surface area contributed by atoms with E-state index in [9.17, 15) is 15.0 Å². The largest absolute Gasteiger partial charge is 0.487 e. The number of aryl methyl sites for hydroxylation is 1. The second-order valence-corrected chi connectivity index (χ2v) is 5.17.